The molecule has 3 aromatic carbocycles. The van der Waals surface area contributed by atoms with Gasteiger partial charge in [-0.3, -0.25) is 23.9 Å². The van der Waals surface area contributed by atoms with E-state index in [2.05, 4.69) is 10.4 Å². The van der Waals surface area contributed by atoms with Crippen LogP contribution in [0.15, 0.2) is 60.7 Å². The molecule has 3 heterocycles. The average molecular weight is 558 g/mol. The quantitative estimate of drug-likeness (QED) is 0.361. The summed E-state index contributed by atoms with van der Waals surface area (Å²) < 4.78 is 31.5. The van der Waals surface area contributed by atoms with Crippen LogP contribution in [-0.2, 0) is 33.8 Å². The maximum Gasteiger partial charge on any atom is 0.269 e. The molecule has 0 saturated carbocycles. The van der Waals surface area contributed by atoms with Gasteiger partial charge in [-0.25, -0.2) is 8.78 Å². The Bertz CT molecular complexity index is 1750. The second-order valence-electron chi connectivity index (χ2n) is 10.3. The second kappa shape index (κ2) is 10.2. The van der Waals surface area contributed by atoms with Crippen molar-refractivity contribution in [2.24, 2.45) is 5.73 Å². The number of aromatic nitrogens is 2. The number of ketones is 1. The first-order valence-corrected chi connectivity index (χ1v) is 13.1. The van der Waals surface area contributed by atoms with Gasteiger partial charge in [0.15, 0.2) is 11.5 Å². The number of nitrogens with zero attached hydrogens (tertiary/aromatic N) is 3. The molecule has 3 N–H and O–H groups in total. The molecule has 0 spiro atoms. The highest BCUT2D eigenvalue weighted by molar-refractivity contribution is 6.04. The molecule has 11 heteroatoms. The van der Waals surface area contributed by atoms with Gasteiger partial charge in [-0.05, 0) is 28.8 Å². The van der Waals surface area contributed by atoms with Gasteiger partial charge in [-0.1, -0.05) is 48.5 Å². The Hall–Kier alpha value is -4.93. The predicted molar refractivity (Wildman–Crippen MR) is 146 cm³/mol. The fourth-order valence-electron chi connectivity index (χ4n) is 5.64. The highest BCUT2D eigenvalue weighted by Crippen LogP contribution is 2.32. The van der Waals surface area contributed by atoms with Gasteiger partial charge in [0.05, 0.1) is 24.5 Å². The number of likely N-dealkylation sites (tertiary alicyclic amines) is 1. The summed E-state index contributed by atoms with van der Waals surface area (Å²) in [4.78, 5) is 51.4. The molecule has 0 unspecified atom stereocenters. The lowest BCUT2D eigenvalue weighted by Gasteiger charge is -2.23. The number of rotatable bonds is 7. The number of benzene rings is 3. The summed E-state index contributed by atoms with van der Waals surface area (Å²) >= 11 is 0. The lowest BCUT2D eigenvalue weighted by atomic mass is 9.96. The number of fused-ring (bicyclic) bond motifs is 2. The molecule has 1 aromatic heterocycles. The van der Waals surface area contributed by atoms with E-state index in [0.29, 0.717) is 22.2 Å². The van der Waals surface area contributed by atoms with Gasteiger partial charge in [-0.15, -0.1) is 0 Å². The summed E-state index contributed by atoms with van der Waals surface area (Å²) in [6.45, 7) is -0.608. The normalized spacial score (nSPS) is 18.0. The number of primary amides is 1. The molecule has 4 aromatic rings. The van der Waals surface area contributed by atoms with E-state index in [1.165, 1.54) is 15.6 Å². The van der Waals surface area contributed by atoms with Crippen LogP contribution in [0.2, 0.25) is 0 Å². The molecule has 41 heavy (non-hydrogen) atoms. The zero-order valence-electron chi connectivity index (χ0n) is 21.8. The van der Waals surface area contributed by atoms with Crippen molar-refractivity contribution in [3.63, 3.8) is 0 Å². The van der Waals surface area contributed by atoms with Crippen LogP contribution >= 0.6 is 0 Å². The first kappa shape index (κ1) is 26.3. The van der Waals surface area contributed by atoms with Crippen LogP contribution in [0.25, 0.3) is 22.0 Å². The molecular formula is C30H25F2N5O4. The van der Waals surface area contributed by atoms with Gasteiger partial charge in [0.25, 0.3) is 5.91 Å². The first-order chi connectivity index (χ1) is 19.7. The minimum Gasteiger partial charge on any atom is -0.364 e. The molecule has 3 amide bonds. The van der Waals surface area contributed by atoms with Crippen molar-refractivity contribution in [3.05, 3.63) is 83.3 Å². The van der Waals surface area contributed by atoms with E-state index < -0.39 is 35.6 Å². The van der Waals surface area contributed by atoms with Crippen LogP contribution in [0.5, 0.6) is 0 Å². The predicted octanol–water partition coefficient (Wildman–Crippen LogP) is 3.19. The van der Waals surface area contributed by atoms with Crippen molar-refractivity contribution in [1.82, 2.24) is 14.7 Å². The summed E-state index contributed by atoms with van der Waals surface area (Å²) in [6.07, 6.45) is -1.68. The first-order valence-electron chi connectivity index (χ1n) is 13.1. The van der Waals surface area contributed by atoms with Crippen LogP contribution in [0.3, 0.4) is 0 Å². The van der Waals surface area contributed by atoms with E-state index in [1.54, 1.807) is 54.6 Å². The fourth-order valence-corrected chi connectivity index (χ4v) is 5.64. The minimum atomic E-state index is -1.42. The lowest BCUT2D eigenvalue weighted by molar-refractivity contribution is -0.138. The Kier molecular flexibility index (Phi) is 6.56. The second-order valence-corrected chi connectivity index (χ2v) is 10.3. The van der Waals surface area contributed by atoms with E-state index in [-0.39, 0.29) is 55.1 Å². The number of Topliss-reactive ketones (excluding diaryl/α,β-unsaturated/α-hetero) is 1. The minimum absolute atomic E-state index is 0.00641. The number of hydrogen-bond donors (Lipinski definition) is 2. The summed E-state index contributed by atoms with van der Waals surface area (Å²) in [5.41, 5.74) is 8.31. The van der Waals surface area contributed by atoms with Crippen molar-refractivity contribution >= 4 is 40.1 Å². The van der Waals surface area contributed by atoms with E-state index in [4.69, 9.17) is 5.73 Å². The van der Waals surface area contributed by atoms with Crippen LogP contribution < -0.4 is 11.1 Å². The van der Waals surface area contributed by atoms with E-state index in [9.17, 15) is 23.6 Å². The van der Waals surface area contributed by atoms with Crippen molar-refractivity contribution in [2.45, 2.75) is 38.0 Å². The molecule has 2 atom stereocenters. The van der Waals surface area contributed by atoms with E-state index in [1.807, 2.05) is 0 Å². The molecule has 9 nitrogen and oxygen atoms in total. The largest absolute Gasteiger partial charge is 0.364 e. The number of nitrogens with two attached hydrogens (primary N) is 1. The molecule has 0 radical (unpaired) electrons. The number of anilines is 1. The Morgan fingerprint density at radius 2 is 1.88 bits per heavy atom. The highest BCUT2D eigenvalue weighted by atomic mass is 19.1. The Morgan fingerprint density at radius 3 is 2.68 bits per heavy atom. The summed E-state index contributed by atoms with van der Waals surface area (Å²) in [7, 11) is 0. The highest BCUT2D eigenvalue weighted by Gasteiger charge is 2.40. The van der Waals surface area contributed by atoms with Gasteiger partial charge < -0.3 is 16.0 Å². The van der Waals surface area contributed by atoms with Crippen LogP contribution in [-0.4, -0.2) is 56.9 Å². The van der Waals surface area contributed by atoms with Crippen molar-refractivity contribution < 1.29 is 28.0 Å². The summed E-state index contributed by atoms with van der Waals surface area (Å²) in [5.74, 6) is -2.52. The number of hydrogen-bond acceptors (Lipinski definition) is 5. The average Bonchev–Trinajstić information content (AvgIpc) is 3.63. The smallest absolute Gasteiger partial charge is 0.269 e. The number of carbonyl (C=O) groups excluding carboxylic acids is 4. The topological polar surface area (TPSA) is 127 Å². The number of nitrogens with one attached hydrogen (secondary N) is 1. The molecule has 208 valence electrons. The van der Waals surface area contributed by atoms with Crippen LogP contribution in [0, 0.1) is 5.82 Å². The van der Waals surface area contributed by atoms with Crippen LogP contribution in [0.4, 0.5) is 14.5 Å². The third kappa shape index (κ3) is 4.83. The lowest BCUT2D eigenvalue weighted by Crippen LogP contribution is -2.43. The standard InChI is InChI=1S/C30H25F2N5O4/c31-19-13-24(36(14-19)27(40)15-37-23-7-2-1-5-21(23)29(35-37)30(33)41)25(38)11-18-4-3-6-20(28(18)32)16-8-9-17-12-26(39)34-22(17)10-16/h1-10,19,24H,11-15H2,(H2,33,41)(H,34,39)/t19-,24+/m1/s1. The SMILES string of the molecule is NC(=O)c1nn(CC(=O)N2C[C@H](F)C[C@H]2C(=O)Cc2cccc(-c3ccc4c(c3)NC(=O)C4)c2F)c2ccccc12. The molecule has 1 fully saturated rings. The van der Waals surface area contributed by atoms with Crippen molar-refractivity contribution in [3.8, 4) is 11.1 Å². The van der Waals surface area contributed by atoms with E-state index in [0.717, 1.165) is 5.56 Å². The number of halogens is 2. The van der Waals surface area contributed by atoms with Crippen molar-refractivity contribution in [2.75, 3.05) is 11.9 Å². The molecule has 6 rings (SSSR count). The van der Waals surface area contributed by atoms with Crippen molar-refractivity contribution in [1.29, 1.82) is 0 Å². The summed E-state index contributed by atoms with van der Waals surface area (Å²) in [6, 6.07) is 15.6. The zero-order chi connectivity index (χ0) is 28.8. The zero-order valence-corrected chi connectivity index (χ0v) is 21.8. The maximum atomic E-state index is 15.6. The monoisotopic (exact) mass is 557 g/mol. The third-order valence-corrected chi connectivity index (χ3v) is 7.61. The Morgan fingerprint density at radius 1 is 1.07 bits per heavy atom. The summed E-state index contributed by atoms with van der Waals surface area (Å²) in [5, 5.41) is 7.40. The molecule has 0 bridgehead atoms. The third-order valence-electron chi connectivity index (χ3n) is 7.61. The van der Waals surface area contributed by atoms with Crippen LogP contribution in [0.1, 0.15) is 28.0 Å². The number of amides is 3. The maximum absolute atomic E-state index is 15.6. The van der Waals surface area contributed by atoms with Gasteiger partial charge >= 0.3 is 0 Å². The molecule has 2 aliphatic heterocycles. The van der Waals surface area contributed by atoms with Gasteiger partial charge in [0.2, 0.25) is 11.8 Å². The van der Waals surface area contributed by atoms with Gasteiger partial charge in [-0.2, -0.15) is 5.10 Å². The Labute approximate surface area is 232 Å². The molecular weight excluding hydrogens is 532 g/mol. The molecule has 1 saturated heterocycles. The number of alkyl halides is 1. The van der Waals surface area contributed by atoms with Gasteiger partial charge in [0, 0.05) is 29.5 Å². The van der Waals surface area contributed by atoms with Gasteiger partial charge in [0.1, 0.15) is 18.5 Å². The van der Waals surface area contributed by atoms with E-state index >= 15 is 4.39 Å². The number of carbonyl (C=O) groups is 4. The number of para-hydroxylation sites is 1. The molecule has 0 aliphatic carbocycles. The fraction of sp³-hybridized carbons (Fsp3) is 0.233. The Balaban J connectivity index is 1.22. The molecule has 2 aliphatic rings.